The van der Waals surface area contributed by atoms with Crippen LogP contribution in [0.1, 0.15) is 40.5 Å². The number of primary amides is 1. The zero-order chi connectivity index (χ0) is 23.8. The number of fused-ring (bicyclic) bond motifs is 3. The van der Waals surface area contributed by atoms with Gasteiger partial charge < -0.3 is 19.9 Å². The lowest BCUT2D eigenvalue weighted by Gasteiger charge is -2.15. The first-order valence-electron chi connectivity index (χ1n) is 10.7. The van der Waals surface area contributed by atoms with Crippen molar-refractivity contribution in [3.8, 4) is 11.5 Å². The van der Waals surface area contributed by atoms with Crippen LogP contribution in [0.5, 0.6) is 11.5 Å². The van der Waals surface area contributed by atoms with E-state index in [9.17, 15) is 14.4 Å². The highest BCUT2D eigenvalue weighted by molar-refractivity contribution is 6.08. The van der Waals surface area contributed by atoms with Crippen LogP contribution in [0.4, 0.5) is 4.79 Å². The summed E-state index contributed by atoms with van der Waals surface area (Å²) in [6, 6.07) is 12.0. The fraction of sp³-hybridized carbons (Fsp3) is 0.200. The fourth-order valence-electron chi connectivity index (χ4n) is 4.21. The number of hydrogen-bond acceptors (Lipinski definition) is 7. The summed E-state index contributed by atoms with van der Waals surface area (Å²) in [5.41, 5.74) is 9.39. The fourth-order valence-corrected chi connectivity index (χ4v) is 4.21. The average molecular weight is 459 g/mol. The Labute approximate surface area is 194 Å². The lowest BCUT2D eigenvalue weighted by atomic mass is 10.0. The number of nitrogens with two attached hydrogens (primary N) is 1. The molecule has 0 fully saturated rings. The number of ether oxygens (including phenoxy) is 3. The number of aromatic nitrogens is 1. The monoisotopic (exact) mass is 459 g/mol. The number of carbonyl (C=O) groups is 3. The third kappa shape index (κ3) is 3.92. The normalized spacial score (nSPS) is 15.7. The zero-order valence-electron chi connectivity index (χ0n) is 18.3. The molecule has 2 heterocycles. The smallest absolute Gasteiger partial charge is 0.339 e. The number of imide groups is 1. The molecule has 172 valence electrons. The molecule has 3 amide bonds. The Balaban J connectivity index is 1.53. The van der Waals surface area contributed by atoms with Gasteiger partial charge in [0.25, 0.3) is 5.91 Å². The summed E-state index contributed by atoms with van der Waals surface area (Å²) >= 11 is 0. The van der Waals surface area contributed by atoms with Crippen LogP contribution < -0.4 is 20.5 Å². The minimum absolute atomic E-state index is 0.201. The maximum absolute atomic E-state index is 13.2. The molecule has 1 aliphatic heterocycles. The molecule has 3 aromatic rings. The number of allylic oxidation sites excluding steroid dienone is 1. The molecular formula is C25H21N3O6. The van der Waals surface area contributed by atoms with Crippen LogP contribution in [-0.2, 0) is 16.0 Å². The second-order valence-electron chi connectivity index (χ2n) is 8.01. The summed E-state index contributed by atoms with van der Waals surface area (Å²) < 4.78 is 16.3. The van der Waals surface area contributed by atoms with E-state index in [1.165, 1.54) is 6.92 Å². The molecule has 5 rings (SSSR count). The number of rotatable bonds is 4. The van der Waals surface area contributed by atoms with Crippen molar-refractivity contribution in [2.24, 2.45) is 5.73 Å². The van der Waals surface area contributed by atoms with Gasteiger partial charge in [-0.1, -0.05) is 24.3 Å². The maximum Gasteiger partial charge on any atom is 0.339 e. The van der Waals surface area contributed by atoms with Crippen LogP contribution in [-0.4, -0.2) is 35.8 Å². The van der Waals surface area contributed by atoms with Gasteiger partial charge in [-0.25, -0.2) is 14.6 Å². The minimum atomic E-state index is -1.20. The number of esters is 1. The van der Waals surface area contributed by atoms with Crippen molar-refractivity contribution in [2.75, 3.05) is 6.79 Å². The molecule has 9 nitrogen and oxygen atoms in total. The third-order valence-corrected chi connectivity index (χ3v) is 5.78. The maximum atomic E-state index is 13.2. The standard InChI is InChI=1S/C25H21N3O6/c1-13(23(29)28-25(26)31)34-24(30)21-16-4-2-3-5-18(16)27-22-15(7-8-17(21)22)10-14-6-9-19-20(11-14)33-12-32-19/h2-6,9-11,13H,7-8,12H2,1H3,(H3,26,28,29,31)/b15-10-/t13-/m1/s1. The summed E-state index contributed by atoms with van der Waals surface area (Å²) in [7, 11) is 0. The summed E-state index contributed by atoms with van der Waals surface area (Å²) in [4.78, 5) is 41.0. The molecule has 0 saturated heterocycles. The SMILES string of the molecule is C[C@@H](OC(=O)c1c2c(nc3ccccc13)/C(=C\c1ccc3c(c1)OCO3)CC2)C(=O)NC(N)=O. The zero-order valence-corrected chi connectivity index (χ0v) is 18.3. The Morgan fingerprint density at radius 2 is 1.91 bits per heavy atom. The van der Waals surface area contributed by atoms with Crippen LogP contribution in [0.2, 0.25) is 0 Å². The molecule has 1 atom stereocenters. The summed E-state index contributed by atoms with van der Waals surface area (Å²) in [5, 5.41) is 2.56. The molecule has 0 unspecified atom stereocenters. The van der Waals surface area contributed by atoms with Crippen molar-refractivity contribution in [1.82, 2.24) is 10.3 Å². The second-order valence-corrected chi connectivity index (χ2v) is 8.01. The molecule has 0 spiro atoms. The molecule has 3 N–H and O–H groups in total. The van der Waals surface area contributed by atoms with E-state index in [0.717, 1.165) is 22.4 Å². The Morgan fingerprint density at radius 1 is 1.12 bits per heavy atom. The molecule has 0 bridgehead atoms. The quantitative estimate of drug-likeness (QED) is 0.573. The molecule has 0 saturated carbocycles. The van der Waals surface area contributed by atoms with Gasteiger partial charge in [-0.05, 0) is 60.7 Å². The van der Waals surface area contributed by atoms with Crippen molar-refractivity contribution in [3.63, 3.8) is 0 Å². The highest BCUT2D eigenvalue weighted by Gasteiger charge is 2.29. The van der Waals surface area contributed by atoms with Gasteiger partial charge >= 0.3 is 12.0 Å². The van der Waals surface area contributed by atoms with Crippen LogP contribution in [0, 0.1) is 0 Å². The number of urea groups is 1. The topological polar surface area (TPSA) is 130 Å². The van der Waals surface area contributed by atoms with E-state index < -0.39 is 24.0 Å². The van der Waals surface area contributed by atoms with Crippen LogP contribution in [0.15, 0.2) is 42.5 Å². The Bertz CT molecular complexity index is 1380. The van der Waals surface area contributed by atoms with E-state index in [2.05, 4.69) is 0 Å². The summed E-state index contributed by atoms with van der Waals surface area (Å²) in [6.07, 6.45) is 2.10. The van der Waals surface area contributed by atoms with Crippen molar-refractivity contribution in [2.45, 2.75) is 25.9 Å². The van der Waals surface area contributed by atoms with Gasteiger partial charge in [0.05, 0.1) is 16.8 Å². The van der Waals surface area contributed by atoms with Gasteiger partial charge in [-0.3, -0.25) is 10.1 Å². The molecule has 9 heteroatoms. The molecule has 1 aromatic heterocycles. The predicted octanol–water partition coefficient (Wildman–Crippen LogP) is 3.19. The second kappa shape index (κ2) is 8.51. The molecule has 0 radical (unpaired) electrons. The average Bonchev–Trinajstić information content (AvgIpc) is 3.43. The van der Waals surface area contributed by atoms with E-state index in [-0.39, 0.29) is 6.79 Å². The number of nitrogens with zero attached hydrogens (tertiary/aromatic N) is 1. The molecule has 2 aromatic carbocycles. The van der Waals surface area contributed by atoms with E-state index in [0.29, 0.717) is 40.8 Å². The van der Waals surface area contributed by atoms with Gasteiger partial charge in [0, 0.05) is 5.39 Å². The minimum Gasteiger partial charge on any atom is -0.454 e. The van der Waals surface area contributed by atoms with Crippen molar-refractivity contribution < 1.29 is 28.6 Å². The Kier molecular flexibility index (Phi) is 5.37. The number of hydrogen-bond donors (Lipinski definition) is 2. The highest BCUT2D eigenvalue weighted by Crippen LogP contribution is 2.39. The van der Waals surface area contributed by atoms with Crippen LogP contribution >= 0.6 is 0 Å². The van der Waals surface area contributed by atoms with Gasteiger partial charge in [0.15, 0.2) is 17.6 Å². The number of pyridine rings is 1. The van der Waals surface area contributed by atoms with Gasteiger partial charge in [-0.15, -0.1) is 0 Å². The molecule has 34 heavy (non-hydrogen) atoms. The molecule has 2 aliphatic rings. The van der Waals surface area contributed by atoms with Gasteiger partial charge in [0.1, 0.15) is 0 Å². The highest BCUT2D eigenvalue weighted by atomic mass is 16.7. The number of carbonyl (C=O) groups excluding carboxylic acids is 3. The number of benzene rings is 2. The van der Waals surface area contributed by atoms with E-state index in [1.807, 2.05) is 47.8 Å². The van der Waals surface area contributed by atoms with Crippen molar-refractivity contribution in [1.29, 1.82) is 0 Å². The largest absolute Gasteiger partial charge is 0.454 e. The Morgan fingerprint density at radius 3 is 2.74 bits per heavy atom. The van der Waals surface area contributed by atoms with Crippen LogP contribution in [0.3, 0.4) is 0 Å². The molecule has 1 aliphatic carbocycles. The predicted molar refractivity (Wildman–Crippen MR) is 123 cm³/mol. The lowest BCUT2D eigenvalue weighted by molar-refractivity contribution is -0.127. The van der Waals surface area contributed by atoms with Crippen molar-refractivity contribution in [3.05, 3.63) is 64.8 Å². The first kappa shape index (κ1) is 21.4. The van der Waals surface area contributed by atoms with E-state index in [1.54, 1.807) is 6.07 Å². The Hall–Kier alpha value is -4.40. The van der Waals surface area contributed by atoms with Gasteiger partial charge in [0.2, 0.25) is 6.79 Å². The van der Waals surface area contributed by atoms with Crippen LogP contribution in [0.25, 0.3) is 22.6 Å². The van der Waals surface area contributed by atoms with E-state index in [4.69, 9.17) is 24.9 Å². The van der Waals surface area contributed by atoms with Gasteiger partial charge in [-0.2, -0.15) is 0 Å². The number of para-hydroxylation sites is 1. The first-order chi connectivity index (χ1) is 16.4. The lowest BCUT2D eigenvalue weighted by Crippen LogP contribution is -2.42. The number of amides is 3. The summed E-state index contributed by atoms with van der Waals surface area (Å²) in [6.45, 7) is 1.58. The molecular weight excluding hydrogens is 438 g/mol. The van der Waals surface area contributed by atoms with E-state index >= 15 is 0 Å². The van der Waals surface area contributed by atoms with Crippen molar-refractivity contribution >= 4 is 40.5 Å². The first-order valence-corrected chi connectivity index (χ1v) is 10.7. The number of nitrogens with one attached hydrogen (secondary N) is 1. The summed E-state index contributed by atoms with van der Waals surface area (Å²) in [5.74, 6) is -0.0605. The third-order valence-electron chi connectivity index (χ3n) is 5.78.